The van der Waals surface area contributed by atoms with Crippen molar-refractivity contribution in [3.05, 3.63) is 0 Å². The van der Waals surface area contributed by atoms with E-state index in [0.29, 0.717) is 6.42 Å². The van der Waals surface area contributed by atoms with E-state index in [1.807, 2.05) is 0 Å². The summed E-state index contributed by atoms with van der Waals surface area (Å²) < 4.78 is 4.63. The Morgan fingerprint density at radius 1 is 0.667 bits per heavy atom. The minimum absolute atomic E-state index is 0.0651. The van der Waals surface area contributed by atoms with Crippen LogP contribution in [0.25, 0.3) is 0 Å². The molecule has 0 radical (unpaired) electrons. The number of carbonyl (C=O) groups excluding carboxylic acids is 1. The van der Waals surface area contributed by atoms with Crippen LogP contribution in [0.15, 0.2) is 0 Å². The first-order valence-corrected chi connectivity index (χ1v) is 9.81. The van der Waals surface area contributed by atoms with Gasteiger partial charge in [0.05, 0.1) is 0 Å². The molecule has 0 saturated carbocycles. The van der Waals surface area contributed by atoms with Crippen LogP contribution in [0, 0.1) is 0 Å². The zero-order valence-corrected chi connectivity index (χ0v) is 15.7. The molecular weight excluding hydrogens is 296 g/mol. The van der Waals surface area contributed by atoms with Crippen molar-refractivity contribution < 1.29 is 28.9 Å². The van der Waals surface area contributed by atoms with E-state index in [-0.39, 0.29) is 5.97 Å². The summed E-state index contributed by atoms with van der Waals surface area (Å²) >= 11 is 1.47. The van der Waals surface area contributed by atoms with Crippen LogP contribution >= 0.6 is 0 Å². The Labute approximate surface area is 144 Å². The zero-order chi connectivity index (χ0) is 15.6. The molecule has 0 aliphatic carbocycles. The second-order valence-corrected chi connectivity index (χ2v) is 6.49. The molecule has 0 aromatic heterocycles. The average molecular weight is 331 g/mol. The van der Waals surface area contributed by atoms with Crippen LogP contribution in [0.4, 0.5) is 0 Å². The molecule has 0 rings (SSSR count). The Kier molecular flexibility index (Phi) is 18.4. The predicted molar refractivity (Wildman–Crippen MR) is 85.6 cm³/mol. The van der Waals surface area contributed by atoms with Gasteiger partial charge < -0.3 is 0 Å². The molecule has 0 aromatic rings. The Balaban J connectivity index is 2.98. The summed E-state index contributed by atoms with van der Waals surface area (Å²) in [5, 5.41) is 0. The third-order valence-electron chi connectivity index (χ3n) is 4.10. The number of carbonyl (C=O) groups is 1. The molecule has 0 N–H and O–H groups in total. The van der Waals surface area contributed by atoms with Gasteiger partial charge in [0, 0.05) is 0 Å². The van der Waals surface area contributed by atoms with E-state index < -0.39 is 0 Å². The SMILES string of the molecule is CCCCCCCCCCCCCCCCCC(=O)[O][Ti]. The number of unbranched alkanes of at least 4 members (excludes halogenated alkanes) is 14. The quantitative estimate of drug-likeness (QED) is 0.247. The molecule has 0 aromatic carbocycles. The summed E-state index contributed by atoms with van der Waals surface area (Å²) in [4.78, 5) is 10.9. The topological polar surface area (TPSA) is 26.3 Å². The van der Waals surface area contributed by atoms with Gasteiger partial charge in [0.25, 0.3) is 0 Å². The van der Waals surface area contributed by atoms with Gasteiger partial charge in [0.2, 0.25) is 0 Å². The second-order valence-electron chi connectivity index (χ2n) is 6.17. The van der Waals surface area contributed by atoms with Crippen LogP contribution in [0.1, 0.15) is 110 Å². The molecule has 0 saturated heterocycles. The van der Waals surface area contributed by atoms with E-state index in [0.717, 1.165) is 6.42 Å². The molecule has 0 unspecified atom stereocenters. The molecule has 123 valence electrons. The number of hydrogen-bond acceptors (Lipinski definition) is 2. The molecule has 0 heterocycles. The van der Waals surface area contributed by atoms with Crippen molar-refractivity contribution in [1.82, 2.24) is 0 Å². The van der Waals surface area contributed by atoms with Gasteiger partial charge in [-0.15, -0.1) is 0 Å². The van der Waals surface area contributed by atoms with Gasteiger partial charge in [-0.25, -0.2) is 0 Å². The third-order valence-corrected chi connectivity index (χ3v) is 4.45. The van der Waals surface area contributed by atoms with Crippen LogP contribution in [-0.4, -0.2) is 5.97 Å². The standard InChI is InChI=1S/C18H36O2.Ti/c1-2-3-4-5-6-7-8-9-10-11-12-13-14-15-16-17-18(19)20;/h2-17H2,1H3,(H,19,20);/q;+1/p-1. The summed E-state index contributed by atoms with van der Waals surface area (Å²) in [5.41, 5.74) is 0. The molecule has 3 heteroatoms. The predicted octanol–water partition coefficient (Wildman–Crippen LogP) is 6.25. The molecular formula is C18H35O2Ti. The Morgan fingerprint density at radius 3 is 1.33 bits per heavy atom. The summed E-state index contributed by atoms with van der Waals surface area (Å²) in [5.74, 6) is -0.0651. The minimum atomic E-state index is -0.0651. The molecule has 0 atom stereocenters. The van der Waals surface area contributed by atoms with E-state index >= 15 is 0 Å². The van der Waals surface area contributed by atoms with E-state index in [9.17, 15) is 4.79 Å². The average Bonchev–Trinajstić information content (AvgIpc) is 2.50. The van der Waals surface area contributed by atoms with Gasteiger partial charge in [0.1, 0.15) is 0 Å². The monoisotopic (exact) mass is 331 g/mol. The number of hydrogen-bond donors (Lipinski definition) is 0. The Bertz CT molecular complexity index is 219. The fourth-order valence-corrected chi connectivity index (χ4v) is 2.85. The molecule has 0 aliphatic heterocycles. The van der Waals surface area contributed by atoms with Gasteiger partial charge in [-0.2, -0.15) is 0 Å². The van der Waals surface area contributed by atoms with Gasteiger partial charge in [0.15, 0.2) is 0 Å². The Morgan fingerprint density at radius 2 is 1.00 bits per heavy atom. The molecule has 0 spiro atoms. The third kappa shape index (κ3) is 18.1. The molecule has 2 nitrogen and oxygen atoms in total. The fourth-order valence-electron chi connectivity index (χ4n) is 2.69. The van der Waals surface area contributed by atoms with E-state index in [4.69, 9.17) is 0 Å². The van der Waals surface area contributed by atoms with Crippen LogP contribution in [0.5, 0.6) is 0 Å². The van der Waals surface area contributed by atoms with Crippen molar-refractivity contribution in [3.8, 4) is 0 Å². The summed E-state index contributed by atoms with van der Waals surface area (Å²) in [6.07, 6.45) is 20.9. The molecule has 0 aliphatic rings. The van der Waals surface area contributed by atoms with Gasteiger partial charge in [-0.3, -0.25) is 0 Å². The maximum absolute atomic E-state index is 10.9. The first-order chi connectivity index (χ1) is 10.3. The van der Waals surface area contributed by atoms with Crippen LogP contribution in [-0.2, 0) is 28.9 Å². The fraction of sp³-hybridized carbons (Fsp3) is 0.944. The molecule has 0 bridgehead atoms. The van der Waals surface area contributed by atoms with Crippen LogP contribution < -0.4 is 0 Å². The van der Waals surface area contributed by atoms with Crippen molar-refractivity contribution in [3.63, 3.8) is 0 Å². The van der Waals surface area contributed by atoms with Crippen molar-refractivity contribution >= 4 is 5.97 Å². The normalized spacial score (nSPS) is 10.7. The van der Waals surface area contributed by atoms with Crippen LogP contribution in [0.2, 0.25) is 0 Å². The second kappa shape index (κ2) is 18.2. The summed E-state index contributed by atoms with van der Waals surface area (Å²) in [6, 6.07) is 0. The van der Waals surface area contributed by atoms with E-state index in [1.165, 1.54) is 111 Å². The van der Waals surface area contributed by atoms with Crippen molar-refractivity contribution in [1.29, 1.82) is 0 Å². The summed E-state index contributed by atoms with van der Waals surface area (Å²) in [7, 11) is 0. The van der Waals surface area contributed by atoms with Gasteiger partial charge >= 0.3 is 99.1 Å². The van der Waals surface area contributed by atoms with Crippen LogP contribution in [0.3, 0.4) is 0 Å². The van der Waals surface area contributed by atoms with Gasteiger partial charge in [-0.05, 0) is 0 Å². The van der Waals surface area contributed by atoms with Gasteiger partial charge in [-0.1, -0.05) is 45.4 Å². The first kappa shape index (κ1) is 21.2. The van der Waals surface area contributed by atoms with E-state index in [1.54, 1.807) is 0 Å². The van der Waals surface area contributed by atoms with E-state index in [2.05, 4.69) is 10.2 Å². The molecule has 0 fully saturated rings. The molecule has 0 amide bonds. The summed E-state index contributed by atoms with van der Waals surface area (Å²) in [6.45, 7) is 2.28. The first-order valence-electron chi connectivity index (χ1n) is 9.17. The Hall–Kier alpha value is 0.184. The maximum atomic E-state index is 10.9. The van der Waals surface area contributed by atoms with Crippen molar-refractivity contribution in [2.45, 2.75) is 110 Å². The molecule has 21 heavy (non-hydrogen) atoms. The number of rotatable bonds is 16. The van der Waals surface area contributed by atoms with Crippen molar-refractivity contribution in [2.24, 2.45) is 0 Å². The zero-order valence-electron chi connectivity index (χ0n) is 14.1. The van der Waals surface area contributed by atoms with Crippen molar-refractivity contribution in [2.75, 3.05) is 0 Å².